The maximum Gasteiger partial charge on any atom is 0.309 e. The number of carbonyl (C=O) groups excluding carboxylic acids is 1. The number of carbonyl (C=O) groups is 1. The predicted molar refractivity (Wildman–Crippen MR) is 68.3 cm³/mol. The molecule has 0 aliphatic heterocycles. The first-order chi connectivity index (χ1) is 7.54. The van der Waals surface area contributed by atoms with Gasteiger partial charge in [-0.25, -0.2) is 0 Å². The van der Waals surface area contributed by atoms with Crippen LogP contribution in [0.3, 0.4) is 0 Å². The zero-order chi connectivity index (χ0) is 12.6. The van der Waals surface area contributed by atoms with Crippen LogP contribution in [-0.4, -0.2) is 12.6 Å². The number of hydrogen-bond acceptors (Lipinski definition) is 2. The van der Waals surface area contributed by atoms with E-state index in [1.165, 1.54) is 19.3 Å². The van der Waals surface area contributed by atoms with Crippen molar-refractivity contribution >= 4 is 5.97 Å². The van der Waals surface area contributed by atoms with Crippen molar-refractivity contribution in [1.29, 1.82) is 0 Å². The van der Waals surface area contributed by atoms with E-state index in [-0.39, 0.29) is 11.9 Å². The molecule has 0 heterocycles. The van der Waals surface area contributed by atoms with Gasteiger partial charge < -0.3 is 4.74 Å². The Balaban J connectivity index is 4.23. The lowest BCUT2D eigenvalue weighted by Gasteiger charge is -2.25. The third-order valence-corrected chi connectivity index (χ3v) is 3.15. The Hall–Kier alpha value is -0.530. The lowest BCUT2D eigenvalue weighted by molar-refractivity contribution is -0.151. The zero-order valence-electron chi connectivity index (χ0n) is 11.6. The molecule has 0 N–H and O–H groups in total. The van der Waals surface area contributed by atoms with Crippen LogP contribution in [-0.2, 0) is 9.53 Å². The monoisotopic (exact) mass is 228 g/mol. The van der Waals surface area contributed by atoms with Gasteiger partial charge in [-0.05, 0) is 25.2 Å². The normalized spacial score (nSPS) is 14.9. The minimum atomic E-state index is -0.0125. The minimum absolute atomic E-state index is 0.0125. The third-order valence-electron chi connectivity index (χ3n) is 3.15. The number of unbranched alkanes of at least 4 members (excludes halogenated alkanes) is 2. The molecular weight excluding hydrogens is 200 g/mol. The molecule has 2 heteroatoms. The van der Waals surface area contributed by atoms with Gasteiger partial charge in [-0.15, -0.1) is 0 Å². The van der Waals surface area contributed by atoms with Gasteiger partial charge in [0.2, 0.25) is 0 Å². The van der Waals surface area contributed by atoms with Crippen LogP contribution in [0.15, 0.2) is 0 Å². The summed E-state index contributed by atoms with van der Waals surface area (Å²) < 4.78 is 5.15. The first-order valence-corrected chi connectivity index (χ1v) is 6.71. The minimum Gasteiger partial charge on any atom is -0.466 e. The smallest absolute Gasteiger partial charge is 0.309 e. The third kappa shape index (κ3) is 5.53. The van der Waals surface area contributed by atoms with Gasteiger partial charge in [-0.2, -0.15) is 0 Å². The van der Waals surface area contributed by atoms with Crippen LogP contribution < -0.4 is 0 Å². The van der Waals surface area contributed by atoms with E-state index < -0.39 is 0 Å². The molecule has 0 aliphatic rings. The quantitative estimate of drug-likeness (QED) is 0.463. The second-order valence-corrected chi connectivity index (χ2v) is 4.99. The molecule has 0 saturated carbocycles. The molecule has 0 rings (SSSR count). The van der Waals surface area contributed by atoms with Crippen molar-refractivity contribution in [3.8, 4) is 0 Å². The van der Waals surface area contributed by atoms with Crippen LogP contribution in [0.5, 0.6) is 0 Å². The molecule has 0 aliphatic carbocycles. The summed E-state index contributed by atoms with van der Waals surface area (Å²) in [6.07, 6.45) is 4.85. The fourth-order valence-electron chi connectivity index (χ4n) is 2.30. The fourth-order valence-corrected chi connectivity index (χ4v) is 2.30. The summed E-state index contributed by atoms with van der Waals surface area (Å²) in [5.74, 6) is 0.861. The summed E-state index contributed by atoms with van der Waals surface area (Å²) in [5.41, 5.74) is 0. The van der Waals surface area contributed by atoms with E-state index in [2.05, 4.69) is 27.7 Å². The number of esters is 1. The largest absolute Gasteiger partial charge is 0.466 e. The van der Waals surface area contributed by atoms with Crippen molar-refractivity contribution in [2.45, 2.75) is 60.3 Å². The molecule has 2 nitrogen and oxygen atoms in total. The Morgan fingerprint density at radius 2 is 1.75 bits per heavy atom. The molecule has 0 aromatic heterocycles. The molecule has 0 aromatic rings. The average molecular weight is 228 g/mol. The Labute approximate surface area is 101 Å². The second-order valence-electron chi connectivity index (χ2n) is 4.99. The van der Waals surface area contributed by atoms with E-state index in [0.717, 1.165) is 6.42 Å². The van der Waals surface area contributed by atoms with Crippen molar-refractivity contribution in [2.75, 3.05) is 6.61 Å². The molecule has 96 valence electrons. The summed E-state index contributed by atoms with van der Waals surface area (Å²) in [6, 6.07) is 0. The van der Waals surface area contributed by atoms with Gasteiger partial charge in [0, 0.05) is 0 Å². The van der Waals surface area contributed by atoms with Crippen LogP contribution in [0.4, 0.5) is 0 Å². The topological polar surface area (TPSA) is 26.3 Å². The highest BCUT2D eigenvalue weighted by atomic mass is 16.5. The number of rotatable bonds is 8. The summed E-state index contributed by atoms with van der Waals surface area (Å²) >= 11 is 0. The molecule has 2 unspecified atom stereocenters. The van der Waals surface area contributed by atoms with Gasteiger partial charge in [0.25, 0.3) is 0 Å². The van der Waals surface area contributed by atoms with Crippen LogP contribution in [0, 0.1) is 17.8 Å². The number of hydrogen-bond donors (Lipinski definition) is 0. The summed E-state index contributed by atoms with van der Waals surface area (Å²) in [6.45, 7) is 11.0. The van der Waals surface area contributed by atoms with Crippen molar-refractivity contribution in [1.82, 2.24) is 0 Å². The molecule has 0 spiro atoms. The summed E-state index contributed by atoms with van der Waals surface area (Å²) in [5, 5.41) is 0. The summed E-state index contributed by atoms with van der Waals surface area (Å²) in [7, 11) is 0. The van der Waals surface area contributed by atoms with Crippen molar-refractivity contribution in [3.05, 3.63) is 0 Å². The highest BCUT2D eigenvalue weighted by Crippen LogP contribution is 2.26. The lowest BCUT2D eigenvalue weighted by Crippen LogP contribution is -2.29. The molecule has 2 atom stereocenters. The molecular formula is C14H28O2. The molecule has 0 bridgehead atoms. The first kappa shape index (κ1) is 15.5. The molecule has 0 amide bonds. The predicted octanol–water partition coefficient (Wildman–Crippen LogP) is 4.04. The van der Waals surface area contributed by atoms with Gasteiger partial charge in [0.05, 0.1) is 12.5 Å². The van der Waals surface area contributed by atoms with Crippen LogP contribution in [0.25, 0.3) is 0 Å². The zero-order valence-corrected chi connectivity index (χ0v) is 11.6. The number of ether oxygens (including phenoxy) is 1. The Morgan fingerprint density at radius 3 is 2.19 bits per heavy atom. The standard InChI is InChI=1S/C14H28O2/c1-6-8-9-10-12(5)13(11(3)4)14(15)16-7-2/h11-13H,6-10H2,1-5H3. The van der Waals surface area contributed by atoms with Crippen LogP contribution >= 0.6 is 0 Å². The van der Waals surface area contributed by atoms with Crippen LogP contribution in [0.1, 0.15) is 60.3 Å². The first-order valence-electron chi connectivity index (χ1n) is 6.71. The SMILES string of the molecule is CCCCCC(C)C(C(=O)OCC)C(C)C. The maximum atomic E-state index is 11.8. The Morgan fingerprint density at radius 1 is 1.12 bits per heavy atom. The average Bonchev–Trinajstić information content (AvgIpc) is 2.18. The molecule has 16 heavy (non-hydrogen) atoms. The van der Waals surface area contributed by atoms with Gasteiger partial charge >= 0.3 is 5.97 Å². The van der Waals surface area contributed by atoms with Gasteiger partial charge in [0.1, 0.15) is 0 Å². The van der Waals surface area contributed by atoms with E-state index >= 15 is 0 Å². The Bertz CT molecular complexity index is 187. The molecule has 0 fully saturated rings. The van der Waals surface area contributed by atoms with Crippen LogP contribution in [0.2, 0.25) is 0 Å². The fraction of sp³-hybridized carbons (Fsp3) is 0.929. The highest BCUT2D eigenvalue weighted by Gasteiger charge is 2.28. The van der Waals surface area contributed by atoms with Crippen molar-refractivity contribution in [3.63, 3.8) is 0 Å². The van der Waals surface area contributed by atoms with Crippen molar-refractivity contribution < 1.29 is 9.53 Å². The van der Waals surface area contributed by atoms with E-state index in [9.17, 15) is 4.79 Å². The van der Waals surface area contributed by atoms with Gasteiger partial charge in [-0.1, -0.05) is 47.0 Å². The Kier molecular flexibility index (Phi) is 8.32. The second kappa shape index (κ2) is 8.60. The van der Waals surface area contributed by atoms with E-state index in [0.29, 0.717) is 18.4 Å². The lowest BCUT2D eigenvalue weighted by atomic mass is 9.81. The van der Waals surface area contributed by atoms with E-state index in [4.69, 9.17) is 4.74 Å². The van der Waals surface area contributed by atoms with Crippen molar-refractivity contribution in [2.24, 2.45) is 17.8 Å². The van der Waals surface area contributed by atoms with Gasteiger partial charge in [-0.3, -0.25) is 4.79 Å². The van der Waals surface area contributed by atoms with E-state index in [1.54, 1.807) is 0 Å². The molecule has 0 saturated heterocycles. The highest BCUT2D eigenvalue weighted by molar-refractivity contribution is 5.73. The molecule has 0 radical (unpaired) electrons. The van der Waals surface area contributed by atoms with E-state index in [1.807, 2.05) is 6.92 Å². The maximum absolute atomic E-state index is 11.8. The van der Waals surface area contributed by atoms with Gasteiger partial charge in [0.15, 0.2) is 0 Å². The summed E-state index contributed by atoms with van der Waals surface area (Å²) in [4.78, 5) is 11.8. The molecule has 0 aromatic carbocycles.